The summed E-state index contributed by atoms with van der Waals surface area (Å²) in [7, 11) is -3.21. The molecule has 0 spiro atoms. The number of hydrogen-bond donors (Lipinski definition) is 0. The zero-order chi connectivity index (χ0) is 14.3. The smallest absolute Gasteiger partial charge is 0.154 e. The first-order valence-corrected chi connectivity index (χ1v) is 9.04. The Balaban J connectivity index is 2.26. The van der Waals surface area contributed by atoms with E-state index in [-0.39, 0.29) is 0 Å². The van der Waals surface area contributed by atoms with Gasteiger partial charge in [0.1, 0.15) is 0 Å². The lowest BCUT2D eigenvalue weighted by molar-refractivity contribution is 0.536. The van der Waals surface area contributed by atoms with Crippen molar-refractivity contribution in [1.29, 1.82) is 0 Å². The molecule has 1 atom stereocenters. The Morgan fingerprint density at radius 2 is 2.00 bits per heavy atom. The zero-order valence-corrected chi connectivity index (χ0v) is 13.4. The van der Waals surface area contributed by atoms with Crippen molar-refractivity contribution in [2.24, 2.45) is 0 Å². The fourth-order valence-electron chi connectivity index (χ4n) is 1.64. The van der Waals surface area contributed by atoms with Gasteiger partial charge in [-0.3, -0.25) is 0 Å². The second-order valence-electron chi connectivity index (χ2n) is 5.12. The maximum absolute atomic E-state index is 11.8. The average Bonchev–Trinajstić information content (AvgIpc) is 2.69. The standard InChI is InChI=1S/C13H16ClNO2S2/c1-13(2,19(3,16)17)11(14)8-12-15-9-6-4-5-7-10(9)18-12/h4-7,11H,8H2,1-3H3. The van der Waals surface area contributed by atoms with E-state index >= 15 is 0 Å². The maximum atomic E-state index is 11.8. The van der Waals surface area contributed by atoms with E-state index in [1.54, 1.807) is 25.2 Å². The van der Waals surface area contributed by atoms with E-state index in [4.69, 9.17) is 11.6 Å². The van der Waals surface area contributed by atoms with Crippen LogP contribution in [0.15, 0.2) is 24.3 Å². The van der Waals surface area contributed by atoms with E-state index in [1.165, 1.54) is 6.26 Å². The van der Waals surface area contributed by atoms with Crippen molar-refractivity contribution >= 4 is 43.0 Å². The molecule has 0 aliphatic heterocycles. The summed E-state index contributed by atoms with van der Waals surface area (Å²) in [6, 6.07) is 7.84. The van der Waals surface area contributed by atoms with E-state index < -0.39 is 20.0 Å². The lowest BCUT2D eigenvalue weighted by Crippen LogP contribution is -2.41. The summed E-state index contributed by atoms with van der Waals surface area (Å²) in [6.07, 6.45) is 1.68. The van der Waals surface area contributed by atoms with Crippen molar-refractivity contribution < 1.29 is 8.42 Å². The van der Waals surface area contributed by atoms with Crippen LogP contribution < -0.4 is 0 Å². The van der Waals surface area contributed by atoms with Crippen molar-refractivity contribution in [2.45, 2.75) is 30.4 Å². The molecule has 1 aromatic carbocycles. The summed E-state index contributed by atoms with van der Waals surface area (Å²) in [5, 5.41) is 0.376. The van der Waals surface area contributed by atoms with Crippen LogP contribution >= 0.6 is 22.9 Å². The summed E-state index contributed by atoms with van der Waals surface area (Å²) >= 11 is 7.87. The number of benzene rings is 1. The number of fused-ring (bicyclic) bond motifs is 1. The van der Waals surface area contributed by atoms with E-state index in [9.17, 15) is 8.42 Å². The van der Waals surface area contributed by atoms with Crippen LogP contribution in [0.3, 0.4) is 0 Å². The van der Waals surface area contributed by atoms with Gasteiger partial charge in [-0.25, -0.2) is 13.4 Å². The molecule has 0 aliphatic carbocycles. The average molecular weight is 318 g/mol. The molecule has 0 aliphatic rings. The van der Waals surface area contributed by atoms with Gasteiger partial charge in [-0.15, -0.1) is 22.9 Å². The normalized spacial score (nSPS) is 14.7. The molecule has 1 unspecified atom stereocenters. The molecule has 1 heterocycles. The highest BCUT2D eigenvalue weighted by Gasteiger charge is 2.38. The number of thiazole rings is 1. The Labute approximate surface area is 122 Å². The van der Waals surface area contributed by atoms with Gasteiger partial charge in [0.25, 0.3) is 0 Å². The lowest BCUT2D eigenvalue weighted by Gasteiger charge is -2.27. The van der Waals surface area contributed by atoms with Crippen LogP contribution in [-0.4, -0.2) is 29.8 Å². The van der Waals surface area contributed by atoms with Crippen molar-refractivity contribution in [3.05, 3.63) is 29.3 Å². The van der Waals surface area contributed by atoms with Crippen LogP contribution in [0.2, 0.25) is 0 Å². The molecule has 104 valence electrons. The molecule has 0 radical (unpaired) electrons. The molecule has 2 rings (SSSR count). The van der Waals surface area contributed by atoms with Crippen molar-refractivity contribution in [3.63, 3.8) is 0 Å². The largest absolute Gasteiger partial charge is 0.241 e. The Morgan fingerprint density at radius 3 is 2.58 bits per heavy atom. The molecule has 0 N–H and O–H groups in total. The van der Waals surface area contributed by atoms with Gasteiger partial charge in [0.05, 0.1) is 25.3 Å². The molecule has 0 saturated heterocycles. The Morgan fingerprint density at radius 1 is 1.37 bits per heavy atom. The minimum atomic E-state index is -3.21. The number of aromatic nitrogens is 1. The molecule has 19 heavy (non-hydrogen) atoms. The maximum Gasteiger partial charge on any atom is 0.154 e. The molecule has 6 heteroatoms. The molecular formula is C13H16ClNO2S2. The predicted molar refractivity (Wildman–Crippen MR) is 81.9 cm³/mol. The summed E-state index contributed by atoms with van der Waals surface area (Å²) in [5.74, 6) is 0. The Kier molecular flexibility index (Phi) is 3.91. The fraction of sp³-hybridized carbons (Fsp3) is 0.462. The quantitative estimate of drug-likeness (QED) is 0.813. The molecule has 2 aromatic rings. The highest BCUT2D eigenvalue weighted by Crippen LogP contribution is 2.30. The number of hydrogen-bond acceptors (Lipinski definition) is 4. The van der Waals surface area contributed by atoms with Gasteiger partial charge < -0.3 is 0 Å². The molecule has 0 amide bonds. The molecule has 1 aromatic heterocycles. The Bertz CT molecular complexity index is 658. The molecule has 3 nitrogen and oxygen atoms in total. The highest BCUT2D eigenvalue weighted by molar-refractivity contribution is 7.92. The van der Waals surface area contributed by atoms with Gasteiger partial charge in [-0.1, -0.05) is 12.1 Å². The molecular weight excluding hydrogens is 302 g/mol. The zero-order valence-electron chi connectivity index (χ0n) is 11.1. The predicted octanol–water partition coefficient (Wildman–Crippen LogP) is 3.27. The first-order chi connectivity index (χ1) is 8.72. The van der Waals surface area contributed by atoms with Gasteiger partial charge in [-0.05, 0) is 26.0 Å². The molecule has 0 fully saturated rings. The molecule has 0 saturated carbocycles. The first-order valence-electron chi connectivity index (χ1n) is 5.90. The topological polar surface area (TPSA) is 47.0 Å². The second kappa shape index (κ2) is 5.04. The minimum absolute atomic E-state index is 0.459. The van der Waals surface area contributed by atoms with Crippen molar-refractivity contribution in [2.75, 3.05) is 6.26 Å². The summed E-state index contributed by atoms with van der Waals surface area (Å²) < 4.78 is 23.6. The third kappa shape index (κ3) is 2.93. The van der Waals surface area contributed by atoms with Crippen LogP contribution in [-0.2, 0) is 16.3 Å². The van der Waals surface area contributed by atoms with Gasteiger partial charge in [0.2, 0.25) is 0 Å². The number of rotatable bonds is 4. The highest BCUT2D eigenvalue weighted by atomic mass is 35.5. The monoisotopic (exact) mass is 317 g/mol. The first kappa shape index (κ1) is 14.8. The Hall–Kier alpha value is -0.650. The number of halogens is 1. The van der Waals surface area contributed by atoms with Gasteiger partial charge >= 0.3 is 0 Å². The van der Waals surface area contributed by atoms with Crippen molar-refractivity contribution in [3.8, 4) is 0 Å². The van der Waals surface area contributed by atoms with Crippen LogP contribution in [0.1, 0.15) is 18.9 Å². The van der Waals surface area contributed by atoms with E-state index in [1.807, 2.05) is 24.3 Å². The van der Waals surface area contributed by atoms with E-state index in [0.29, 0.717) is 6.42 Å². The third-order valence-electron chi connectivity index (χ3n) is 3.40. The minimum Gasteiger partial charge on any atom is -0.241 e. The van der Waals surface area contributed by atoms with E-state index in [0.717, 1.165) is 15.2 Å². The third-order valence-corrected chi connectivity index (χ3v) is 7.49. The SMILES string of the molecule is CC(C)(C(Cl)Cc1nc2ccccc2s1)S(C)(=O)=O. The van der Waals surface area contributed by atoms with Gasteiger partial charge in [-0.2, -0.15) is 0 Å². The van der Waals surface area contributed by atoms with E-state index in [2.05, 4.69) is 4.98 Å². The number of alkyl halides is 1. The van der Waals surface area contributed by atoms with Crippen molar-refractivity contribution in [1.82, 2.24) is 4.98 Å². The fourth-order valence-corrected chi connectivity index (χ4v) is 3.92. The summed E-state index contributed by atoms with van der Waals surface area (Å²) in [6.45, 7) is 3.32. The summed E-state index contributed by atoms with van der Waals surface area (Å²) in [5.41, 5.74) is 0.934. The number of nitrogens with zero attached hydrogens (tertiary/aromatic N) is 1. The van der Waals surface area contributed by atoms with Gasteiger partial charge in [0.15, 0.2) is 9.84 Å². The molecule has 0 bridgehead atoms. The summed E-state index contributed by atoms with van der Waals surface area (Å²) in [4.78, 5) is 4.49. The number of para-hydroxylation sites is 1. The van der Waals surface area contributed by atoms with Crippen LogP contribution in [0.25, 0.3) is 10.2 Å². The number of sulfone groups is 1. The van der Waals surface area contributed by atoms with Crippen LogP contribution in [0.4, 0.5) is 0 Å². The lowest BCUT2D eigenvalue weighted by atomic mass is 10.1. The van der Waals surface area contributed by atoms with Gasteiger partial charge in [0, 0.05) is 12.7 Å². The second-order valence-corrected chi connectivity index (χ2v) is 9.36. The van der Waals surface area contributed by atoms with Crippen LogP contribution in [0, 0.1) is 0 Å². The van der Waals surface area contributed by atoms with Crippen LogP contribution in [0.5, 0.6) is 0 Å².